The summed E-state index contributed by atoms with van der Waals surface area (Å²) in [6.07, 6.45) is 0. The second-order valence-electron chi connectivity index (χ2n) is 6.87. The molecular formula is C22H24N2O4S2. The maximum Gasteiger partial charge on any atom is 0.253 e. The molecule has 0 N–H and O–H groups in total. The van der Waals surface area contributed by atoms with Gasteiger partial charge in [0.05, 0.1) is 18.6 Å². The Morgan fingerprint density at radius 2 is 1.63 bits per heavy atom. The number of carbonyl (C=O) groups is 1. The van der Waals surface area contributed by atoms with Crippen LogP contribution in [0.5, 0.6) is 5.75 Å². The third kappa shape index (κ3) is 5.08. The predicted molar refractivity (Wildman–Crippen MR) is 118 cm³/mol. The first kappa shape index (κ1) is 22.0. The molecule has 0 radical (unpaired) electrons. The SMILES string of the molecule is COc1ccc(S(=O)(=O)N(C)Cc2ccc(C(=O)N(C)Cc3cccs3)cc2)cc1. The maximum atomic E-state index is 12.8. The number of hydrogen-bond acceptors (Lipinski definition) is 5. The molecule has 0 aliphatic carbocycles. The number of methoxy groups -OCH3 is 1. The van der Waals surface area contributed by atoms with Crippen LogP contribution >= 0.6 is 11.3 Å². The molecule has 6 nitrogen and oxygen atoms in total. The van der Waals surface area contributed by atoms with Crippen molar-refractivity contribution in [3.05, 3.63) is 82.0 Å². The van der Waals surface area contributed by atoms with E-state index in [4.69, 9.17) is 4.74 Å². The van der Waals surface area contributed by atoms with Crippen LogP contribution in [0.3, 0.4) is 0 Å². The van der Waals surface area contributed by atoms with Crippen LogP contribution in [-0.2, 0) is 23.1 Å². The first-order valence-corrected chi connectivity index (χ1v) is 11.6. The van der Waals surface area contributed by atoms with E-state index in [1.165, 1.54) is 30.6 Å². The molecule has 0 unspecified atom stereocenters. The molecule has 8 heteroatoms. The summed E-state index contributed by atoms with van der Waals surface area (Å²) in [6, 6.07) is 17.3. The van der Waals surface area contributed by atoms with Crippen LogP contribution < -0.4 is 4.74 Å². The lowest BCUT2D eigenvalue weighted by Crippen LogP contribution is -2.27. The lowest BCUT2D eigenvalue weighted by Gasteiger charge is -2.19. The monoisotopic (exact) mass is 444 g/mol. The van der Waals surface area contributed by atoms with Gasteiger partial charge in [0.25, 0.3) is 5.91 Å². The highest BCUT2D eigenvalue weighted by atomic mass is 32.2. The topological polar surface area (TPSA) is 66.9 Å². The van der Waals surface area contributed by atoms with Crippen LogP contribution in [-0.4, -0.2) is 44.7 Å². The number of ether oxygens (including phenoxy) is 1. The van der Waals surface area contributed by atoms with Gasteiger partial charge in [-0.3, -0.25) is 4.79 Å². The summed E-state index contributed by atoms with van der Waals surface area (Å²) in [4.78, 5) is 15.6. The van der Waals surface area contributed by atoms with Crippen LogP contribution in [0, 0.1) is 0 Å². The van der Waals surface area contributed by atoms with Crippen molar-refractivity contribution in [2.24, 2.45) is 0 Å². The van der Waals surface area contributed by atoms with Crippen molar-refractivity contribution in [2.75, 3.05) is 21.2 Å². The molecule has 1 heterocycles. The van der Waals surface area contributed by atoms with Gasteiger partial charge in [-0.1, -0.05) is 18.2 Å². The molecule has 3 rings (SSSR count). The molecule has 3 aromatic rings. The third-order valence-corrected chi connectivity index (χ3v) is 7.37. The minimum absolute atomic E-state index is 0.0749. The Labute approximate surface area is 181 Å². The number of thiophene rings is 1. The second kappa shape index (κ2) is 9.42. The summed E-state index contributed by atoms with van der Waals surface area (Å²) in [6.45, 7) is 0.759. The molecule has 0 spiro atoms. The lowest BCUT2D eigenvalue weighted by atomic mass is 10.1. The highest BCUT2D eigenvalue weighted by Gasteiger charge is 2.21. The largest absolute Gasteiger partial charge is 0.497 e. The summed E-state index contributed by atoms with van der Waals surface area (Å²) in [5.41, 5.74) is 1.37. The van der Waals surface area contributed by atoms with Crippen molar-refractivity contribution >= 4 is 27.3 Å². The molecule has 158 valence electrons. The Balaban J connectivity index is 1.66. The van der Waals surface area contributed by atoms with Gasteiger partial charge in [0.2, 0.25) is 10.0 Å². The number of sulfonamides is 1. The zero-order chi connectivity index (χ0) is 21.7. The zero-order valence-corrected chi connectivity index (χ0v) is 18.7. The minimum atomic E-state index is -3.63. The van der Waals surface area contributed by atoms with Gasteiger partial charge in [0, 0.05) is 31.1 Å². The fourth-order valence-electron chi connectivity index (χ4n) is 2.95. The van der Waals surface area contributed by atoms with Gasteiger partial charge in [-0.2, -0.15) is 4.31 Å². The van der Waals surface area contributed by atoms with Gasteiger partial charge in [-0.25, -0.2) is 8.42 Å². The molecule has 1 amide bonds. The van der Waals surface area contributed by atoms with Crippen molar-refractivity contribution in [2.45, 2.75) is 18.0 Å². The minimum Gasteiger partial charge on any atom is -0.497 e. The van der Waals surface area contributed by atoms with Crippen molar-refractivity contribution in [3.63, 3.8) is 0 Å². The number of benzene rings is 2. The van der Waals surface area contributed by atoms with Gasteiger partial charge >= 0.3 is 0 Å². The number of carbonyl (C=O) groups excluding carboxylic acids is 1. The van der Waals surface area contributed by atoms with Gasteiger partial charge in [-0.05, 0) is 53.4 Å². The van der Waals surface area contributed by atoms with E-state index in [9.17, 15) is 13.2 Å². The smallest absolute Gasteiger partial charge is 0.253 e. The van der Waals surface area contributed by atoms with Crippen LogP contribution in [0.25, 0.3) is 0 Å². The van der Waals surface area contributed by atoms with Crippen LogP contribution in [0.4, 0.5) is 0 Å². The lowest BCUT2D eigenvalue weighted by molar-refractivity contribution is 0.0786. The molecule has 0 aliphatic heterocycles. The van der Waals surface area contributed by atoms with Crippen LogP contribution in [0.1, 0.15) is 20.8 Å². The summed E-state index contributed by atoms with van der Waals surface area (Å²) in [5.74, 6) is 0.523. The first-order valence-electron chi connectivity index (χ1n) is 9.28. The predicted octanol–water partition coefficient (Wildman–Crippen LogP) is 3.85. The quantitative estimate of drug-likeness (QED) is 0.529. The van der Waals surface area contributed by atoms with Crippen LogP contribution in [0.2, 0.25) is 0 Å². The van der Waals surface area contributed by atoms with E-state index in [0.29, 0.717) is 17.9 Å². The van der Waals surface area contributed by atoms with E-state index in [-0.39, 0.29) is 17.3 Å². The maximum absolute atomic E-state index is 12.8. The Morgan fingerprint density at radius 1 is 0.967 bits per heavy atom. The average Bonchev–Trinajstić information content (AvgIpc) is 3.26. The fraction of sp³-hybridized carbons (Fsp3) is 0.227. The Hall–Kier alpha value is -2.68. The zero-order valence-electron chi connectivity index (χ0n) is 17.1. The molecule has 1 aromatic heterocycles. The Morgan fingerprint density at radius 3 is 2.20 bits per heavy atom. The van der Waals surface area contributed by atoms with E-state index in [1.807, 2.05) is 17.5 Å². The first-order chi connectivity index (χ1) is 14.3. The van der Waals surface area contributed by atoms with E-state index in [1.54, 1.807) is 59.7 Å². The molecule has 0 saturated heterocycles. The molecule has 0 saturated carbocycles. The van der Waals surface area contributed by atoms with E-state index < -0.39 is 10.0 Å². The molecular weight excluding hydrogens is 420 g/mol. The Bertz CT molecular complexity index is 1080. The van der Waals surface area contributed by atoms with Crippen molar-refractivity contribution in [1.29, 1.82) is 0 Å². The summed E-state index contributed by atoms with van der Waals surface area (Å²) >= 11 is 1.61. The van der Waals surface area contributed by atoms with Crippen molar-refractivity contribution < 1.29 is 17.9 Å². The number of amides is 1. The molecule has 0 fully saturated rings. The Kier molecular flexibility index (Phi) is 6.91. The normalized spacial score (nSPS) is 11.5. The van der Waals surface area contributed by atoms with Gasteiger partial charge < -0.3 is 9.64 Å². The van der Waals surface area contributed by atoms with Crippen molar-refractivity contribution in [1.82, 2.24) is 9.21 Å². The second-order valence-corrected chi connectivity index (χ2v) is 9.95. The highest BCUT2D eigenvalue weighted by molar-refractivity contribution is 7.89. The molecule has 2 aromatic carbocycles. The fourth-order valence-corrected chi connectivity index (χ4v) is 4.87. The summed E-state index contributed by atoms with van der Waals surface area (Å²) in [5, 5.41) is 1.99. The standard InChI is InChI=1S/C22H24N2O4S2/c1-23(16-20-5-4-14-29-20)22(25)18-8-6-17(7-9-18)15-24(2)30(26,27)21-12-10-19(28-3)11-13-21/h4-14H,15-16H2,1-3H3. The third-order valence-electron chi connectivity index (χ3n) is 4.69. The average molecular weight is 445 g/mol. The molecule has 30 heavy (non-hydrogen) atoms. The molecule has 0 atom stereocenters. The molecule has 0 bridgehead atoms. The molecule has 0 aliphatic rings. The van der Waals surface area contributed by atoms with E-state index in [2.05, 4.69) is 0 Å². The number of hydrogen-bond donors (Lipinski definition) is 0. The van der Waals surface area contributed by atoms with Gasteiger partial charge in [0.1, 0.15) is 5.75 Å². The van der Waals surface area contributed by atoms with Gasteiger partial charge in [0.15, 0.2) is 0 Å². The summed E-state index contributed by atoms with van der Waals surface area (Å²) < 4.78 is 31.9. The highest BCUT2D eigenvalue weighted by Crippen LogP contribution is 2.20. The summed E-state index contributed by atoms with van der Waals surface area (Å²) in [7, 11) is 1.21. The van der Waals surface area contributed by atoms with Crippen molar-refractivity contribution in [3.8, 4) is 5.75 Å². The van der Waals surface area contributed by atoms with E-state index >= 15 is 0 Å². The number of rotatable bonds is 8. The van der Waals surface area contributed by atoms with E-state index in [0.717, 1.165) is 10.4 Å². The van der Waals surface area contributed by atoms with Crippen LogP contribution in [0.15, 0.2) is 70.9 Å². The van der Waals surface area contributed by atoms with Gasteiger partial charge in [-0.15, -0.1) is 11.3 Å². The number of nitrogens with zero attached hydrogens (tertiary/aromatic N) is 2.